The SMILES string of the molecule is CCOc1cc(C(=O)N/N=C/c2cc(OC)ccc2O)cc(OCC)c1OCC. The highest BCUT2D eigenvalue weighted by Gasteiger charge is 2.18. The molecule has 2 aromatic carbocycles. The fourth-order valence-corrected chi connectivity index (χ4v) is 2.51. The fourth-order valence-electron chi connectivity index (χ4n) is 2.51. The molecule has 0 radical (unpaired) electrons. The van der Waals surface area contributed by atoms with E-state index in [1.54, 1.807) is 24.3 Å². The van der Waals surface area contributed by atoms with Crippen molar-refractivity contribution in [2.75, 3.05) is 26.9 Å². The maximum absolute atomic E-state index is 12.6. The Morgan fingerprint density at radius 2 is 1.66 bits per heavy atom. The third kappa shape index (κ3) is 5.78. The van der Waals surface area contributed by atoms with E-state index >= 15 is 0 Å². The van der Waals surface area contributed by atoms with Gasteiger partial charge in [0.25, 0.3) is 5.91 Å². The van der Waals surface area contributed by atoms with E-state index in [1.807, 2.05) is 20.8 Å². The Hall–Kier alpha value is -3.42. The van der Waals surface area contributed by atoms with E-state index in [2.05, 4.69) is 10.5 Å². The molecule has 0 saturated heterocycles. The Balaban J connectivity index is 2.25. The summed E-state index contributed by atoms with van der Waals surface area (Å²) >= 11 is 0. The van der Waals surface area contributed by atoms with Crippen LogP contribution in [0.2, 0.25) is 0 Å². The molecule has 0 aromatic heterocycles. The van der Waals surface area contributed by atoms with Crippen molar-refractivity contribution in [2.45, 2.75) is 20.8 Å². The number of rotatable bonds is 10. The van der Waals surface area contributed by atoms with E-state index in [0.717, 1.165) is 0 Å². The smallest absolute Gasteiger partial charge is 0.271 e. The molecule has 0 heterocycles. The number of aromatic hydroxyl groups is 1. The summed E-state index contributed by atoms with van der Waals surface area (Å²) in [5.41, 5.74) is 3.13. The van der Waals surface area contributed by atoms with Crippen LogP contribution in [0.4, 0.5) is 0 Å². The summed E-state index contributed by atoms with van der Waals surface area (Å²) in [6, 6.07) is 7.85. The van der Waals surface area contributed by atoms with Crippen LogP contribution in [0.25, 0.3) is 0 Å². The van der Waals surface area contributed by atoms with Crippen molar-refractivity contribution in [1.82, 2.24) is 5.43 Å². The average molecular weight is 402 g/mol. The number of ether oxygens (including phenoxy) is 4. The Labute approximate surface area is 170 Å². The lowest BCUT2D eigenvalue weighted by Crippen LogP contribution is -2.18. The number of benzene rings is 2. The number of methoxy groups -OCH3 is 1. The van der Waals surface area contributed by atoms with Gasteiger partial charge in [-0.25, -0.2) is 5.43 Å². The number of phenols is 1. The lowest BCUT2D eigenvalue weighted by molar-refractivity contribution is 0.0954. The molecule has 0 aliphatic heterocycles. The van der Waals surface area contributed by atoms with Crippen LogP contribution in [-0.4, -0.2) is 44.2 Å². The van der Waals surface area contributed by atoms with Gasteiger partial charge in [-0.2, -0.15) is 5.10 Å². The standard InChI is InChI=1S/C21H26N2O6/c1-5-27-18-11-14(12-19(28-6-2)20(18)29-7-3)21(25)23-22-13-15-10-16(26-4)8-9-17(15)24/h8-13,24H,5-7H2,1-4H3,(H,23,25)/b22-13+. The molecule has 0 aliphatic carbocycles. The largest absolute Gasteiger partial charge is 0.507 e. The molecule has 0 spiro atoms. The Bertz CT molecular complexity index is 839. The second kappa shape index (κ2) is 10.8. The van der Waals surface area contributed by atoms with Crippen LogP contribution in [0.5, 0.6) is 28.7 Å². The minimum Gasteiger partial charge on any atom is -0.507 e. The van der Waals surface area contributed by atoms with E-state index in [9.17, 15) is 9.90 Å². The van der Waals surface area contributed by atoms with Crippen LogP contribution in [0.1, 0.15) is 36.7 Å². The summed E-state index contributed by atoms with van der Waals surface area (Å²) in [6.07, 6.45) is 1.33. The first kappa shape index (κ1) is 21.9. The second-order valence-electron chi connectivity index (χ2n) is 5.72. The van der Waals surface area contributed by atoms with Gasteiger partial charge in [-0.15, -0.1) is 0 Å². The van der Waals surface area contributed by atoms with Crippen LogP contribution in [0.3, 0.4) is 0 Å². The van der Waals surface area contributed by atoms with Gasteiger partial charge in [0, 0.05) is 11.1 Å². The lowest BCUT2D eigenvalue weighted by atomic mass is 10.1. The molecule has 0 saturated carbocycles. The van der Waals surface area contributed by atoms with Gasteiger partial charge in [0.15, 0.2) is 11.5 Å². The van der Waals surface area contributed by atoms with Crippen LogP contribution in [0.15, 0.2) is 35.4 Å². The summed E-state index contributed by atoms with van der Waals surface area (Å²) in [5.74, 6) is 1.40. The molecule has 0 atom stereocenters. The van der Waals surface area contributed by atoms with Crippen molar-refractivity contribution in [3.05, 3.63) is 41.5 Å². The number of hydrogen-bond acceptors (Lipinski definition) is 7. The van der Waals surface area contributed by atoms with Gasteiger partial charge in [-0.1, -0.05) is 0 Å². The van der Waals surface area contributed by atoms with E-state index < -0.39 is 5.91 Å². The maximum Gasteiger partial charge on any atom is 0.271 e. The molecule has 2 N–H and O–H groups in total. The number of nitrogens with one attached hydrogen (secondary N) is 1. The van der Waals surface area contributed by atoms with Gasteiger partial charge in [-0.3, -0.25) is 4.79 Å². The zero-order chi connectivity index (χ0) is 21.2. The third-order valence-electron chi connectivity index (χ3n) is 3.78. The van der Waals surface area contributed by atoms with Gasteiger partial charge in [0.2, 0.25) is 5.75 Å². The zero-order valence-electron chi connectivity index (χ0n) is 17.0. The third-order valence-corrected chi connectivity index (χ3v) is 3.78. The van der Waals surface area contributed by atoms with Gasteiger partial charge in [0.1, 0.15) is 11.5 Å². The number of nitrogens with zero attached hydrogens (tertiary/aromatic N) is 1. The van der Waals surface area contributed by atoms with Gasteiger partial charge in [0.05, 0.1) is 33.1 Å². The highest BCUT2D eigenvalue weighted by Crippen LogP contribution is 2.39. The molecule has 2 aromatic rings. The van der Waals surface area contributed by atoms with Crippen molar-refractivity contribution in [3.63, 3.8) is 0 Å². The lowest BCUT2D eigenvalue weighted by Gasteiger charge is -2.16. The predicted octanol–water partition coefficient (Wildman–Crippen LogP) is 3.36. The van der Waals surface area contributed by atoms with Gasteiger partial charge < -0.3 is 24.1 Å². The van der Waals surface area contributed by atoms with E-state index in [-0.39, 0.29) is 5.75 Å². The van der Waals surface area contributed by atoms with E-state index in [1.165, 1.54) is 19.4 Å². The molecule has 0 unspecified atom stereocenters. The number of carbonyl (C=O) groups is 1. The minimum absolute atomic E-state index is 0.0159. The highest BCUT2D eigenvalue weighted by molar-refractivity contribution is 5.96. The Morgan fingerprint density at radius 3 is 2.21 bits per heavy atom. The molecule has 29 heavy (non-hydrogen) atoms. The molecule has 156 valence electrons. The molecule has 0 aliphatic rings. The normalized spacial score (nSPS) is 10.6. The molecular weight excluding hydrogens is 376 g/mol. The predicted molar refractivity (Wildman–Crippen MR) is 110 cm³/mol. The quantitative estimate of drug-likeness (QED) is 0.467. The van der Waals surface area contributed by atoms with Crippen molar-refractivity contribution in [2.24, 2.45) is 5.10 Å². The van der Waals surface area contributed by atoms with Crippen molar-refractivity contribution in [1.29, 1.82) is 0 Å². The van der Waals surface area contributed by atoms with Crippen LogP contribution >= 0.6 is 0 Å². The van der Waals surface area contributed by atoms with E-state index in [4.69, 9.17) is 18.9 Å². The maximum atomic E-state index is 12.6. The summed E-state index contributed by atoms with van der Waals surface area (Å²) in [6.45, 7) is 6.78. The van der Waals surface area contributed by atoms with Crippen molar-refractivity contribution >= 4 is 12.1 Å². The van der Waals surface area contributed by atoms with Gasteiger partial charge >= 0.3 is 0 Å². The second-order valence-corrected chi connectivity index (χ2v) is 5.72. The number of amides is 1. The first-order chi connectivity index (χ1) is 14.0. The first-order valence-corrected chi connectivity index (χ1v) is 9.30. The van der Waals surface area contributed by atoms with E-state index in [0.29, 0.717) is 53.9 Å². The Morgan fingerprint density at radius 1 is 1.03 bits per heavy atom. The molecule has 8 nitrogen and oxygen atoms in total. The summed E-state index contributed by atoms with van der Waals surface area (Å²) in [7, 11) is 1.52. The van der Waals surface area contributed by atoms with Gasteiger partial charge in [-0.05, 0) is 51.1 Å². The Kier molecular flexibility index (Phi) is 8.14. The summed E-state index contributed by atoms with van der Waals surface area (Å²) in [5, 5.41) is 13.8. The first-order valence-electron chi connectivity index (χ1n) is 9.30. The summed E-state index contributed by atoms with van der Waals surface area (Å²) in [4.78, 5) is 12.6. The highest BCUT2D eigenvalue weighted by atomic mass is 16.5. The summed E-state index contributed by atoms with van der Waals surface area (Å²) < 4.78 is 22.0. The number of hydrazone groups is 1. The number of phenolic OH excluding ortho intramolecular Hbond substituents is 1. The van der Waals surface area contributed by atoms with Crippen molar-refractivity contribution in [3.8, 4) is 28.7 Å². The average Bonchev–Trinajstić information content (AvgIpc) is 2.71. The minimum atomic E-state index is -0.464. The topological polar surface area (TPSA) is 98.6 Å². The number of carbonyl (C=O) groups excluding carboxylic acids is 1. The molecule has 2 rings (SSSR count). The monoisotopic (exact) mass is 402 g/mol. The molecule has 1 amide bonds. The molecular formula is C21H26N2O6. The van der Waals surface area contributed by atoms with Crippen LogP contribution in [-0.2, 0) is 0 Å². The number of hydrogen-bond donors (Lipinski definition) is 2. The van der Waals surface area contributed by atoms with Crippen LogP contribution < -0.4 is 24.4 Å². The van der Waals surface area contributed by atoms with Crippen LogP contribution in [0, 0.1) is 0 Å². The molecule has 0 fully saturated rings. The molecule has 8 heteroatoms. The van der Waals surface area contributed by atoms with Crippen molar-refractivity contribution < 1.29 is 28.8 Å². The fraction of sp³-hybridized carbons (Fsp3) is 0.333. The molecule has 0 bridgehead atoms. The zero-order valence-corrected chi connectivity index (χ0v) is 17.0.